The van der Waals surface area contributed by atoms with Crippen molar-refractivity contribution in [3.05, 3.63) is 59.1 Å². The third kappa shape index (κ3) is 7.32. The molecule has 0 aliphatic rings. The molecule has 2 aromatic carbocycles. The molecule has 0 heterocycles. The van der Waals surface area contributed by atoms with Gasteiger partial charge in [-0.3, -0.25) is 4.79 Å². The van der Waals surface area contributed by atoms with Crippen LogP contribution in [-0.4, -0.2) is 29.2 Å². The first kappa shape index (κ1) is 21.4. The van der Waals surface area contributed by atoms with E-state index in [9.17, 15) is 23.1 Å². The lowest BCUT2D eigenvalue weighted by Gasteiger charge is -2.16. The second-order valence-electron chi connectivity index (χ2n) is 5.59. The minimum Gasteiger partial charge on any atom is -0.406 e. The second kappa shape index (κ2) is 9.34. The number of alkyl halides is 3. The number of rotatable bonds is 7. The van der Waals surface area contributed by atoms with Gasteiger partial charge in [0.05, 0.1) is 11.4 Å². The van der Waals surface area contributed by atoms with E-state index in [0.717, 1.165) is 17.0 Å². The van der Waals surface area contributed by atoms with Crippen molar-refractivity contribution in [2.45, 2.75) is 29.5 Å². The molecule has 146 valence electrons. The van der Waals surface area contributed by atoms with E-state index in [-0.39, 0.29) is 18.2 Å². The van der Waals surface area contributed by atoms with E-state index < -0.39 is 17.7 Å². The molecular weight excluding hydrogens is 403 g/mol. The molecule has 2 rings (SSSR count). The molecule has 2 unspecified atom stereocenters. The van der Waals surface area contributed by atoms with E-state index in [2.05, 4.69) is 10.1 Å². The van der Waals surface area contributed by atoms with Crippen molar-refractivity contribution < 1.29 is 27.8 Å². The molecule has 0 spiro atoms. The highest BCUT2D eigenvalue weighted by Crippen LogP contribution is 2.26. The van der Waals surface area contributed by atoms with Crippen molar-refractivity contribution in [1.82, 2.24) is 5.32 Å². The summed E-state index contributed by atoms with van der Waals surface area (Å²) < 4.78 is 40.2. The summed E-state index contributed by atoms with van der Waals surface area (Å²) in [6.45, 7) is 1.66. The number of carbonyl (C=O) groups excluding carboxylic acids is 1. The van der Waals surface area contributed by atoms with Crippen molar-refractivity contribution in [2.75, 3.05) is 6.54 Å². The predicted molar refractivity (Wildman–Crippen MR) is 97.9 cm³/mol. The average molecular weight is 420 g/mol. The summed E-state index contributed by atoms with van der Waals surface area (Å²) in [4.78, 5) is 13.0. The summed E-state index contributed by atoms with van der Waals surface area (Å²) in [6.07, 6.45) is -5.83. The molecule has 0 saturated heterocycles. The lowest BCUT2D eigenvalue weighted by molar-refractivity contribution is -0.274. The van der Waals surface area contributed by atoms with Gasteiger partial charge < -0.3 is 15.2 Å². The number of carbonyl (C=O) groups is 1. The predicted octanol–water partition coefficient (Wildman–Crippen LogP) is 4.57. The topological polar surface area (TPSA) is 58.6 Å². The number of nitrogens with one attached hydrogen (secondary N) is 1. The highest BCUT2D eigenvalue weighted by atomic mass is 35.5. The minimum absolute atomic E-state index is 0.0656. The van der Waals surface area contributed by atoms with Gasteiger partial charge in [0, 0.05) is 16.5 Å². The van der Waals surface area contributed by atoms with Crippen LogP contribution in [0.5, 0.6) is 5.75 Å². The largest absolute Gasteiger partial charge is 0.573 e. The van der Waals surface area contributed by atoms with Gasteiger partial charge in [-0.25, -0.2) is 0 Å². The van der Waals surface area contributed by atoms with Gasteiger partial charge in [0.2, 0.25) is 5.91 Å². The van der Waals surface area contributed by atoms with Gasteiger partial charge in [-0.05, 0) is 48.9 Å². The standard InChI is InChI=1S/C18H17ClF3NO3S/c1-11(27-15-8-4-13(19)5-9-15)17(25)23-10-16(24)12-2-6-14(7-3-12)26-18(20,21)22/h2-9,11,16,24H,10H2,1H3,(H,23,25). The normalized spacial score (nSPS) is 13.7. The lowest BCUT2D eigenvalue weighted by Crippen LogP contribution is -2.34. The summed E-state index contributed by atoms with van der Waals surface area (Å²) in [5.74, 6) is -0.651. The van der Waals surface area contributed by atoms with Crippen molar-refractivity contribution in [1.29, 1.82) is 0 Å². The Morgan fingerprint density at radius 3 is 2.33 bits per heavy atom. The fourth-order valence-electron chi connectivity index (χ4n) is 2.12. The number of hydrogen-bond acceptors (Lipinski definition) is 4. The number of aliphatic hydroxyl groups is 1. The molecule has 1 amide bonds. The molecule has 0 bridgehead atoms. The molecule has 0 radical (unpaired) electrons. The fraction of sp³-hybridized carbons (Fsp3) is 0.278. The molecule has 0 aromatic heterocycles. The molecule has 0 saturated carbocycles. The molecule has 0 aliphatic carbocycles. The Morgan fingerprint density at radius 1 is 1.19 bits per heavy atom. The minimum atomic E-state index is -4.77. The van der Waals surface area contributed by atoms with Crippen LogP contribution >= 0.6 is 23.4 Å². The maximum atomic E-state index is 12.1. The SMILES string of the molecule is CC(Sc1ccc(Cl)cc1)C(=O)NCC(O)c1ccc(OC(F)(F)F)cc1. The average Bonchev–Trinajstić information content (AvgIpc) is 2.60. The maximum absolute atomic E-state index is 12.1. The smallest absolute Gasteiger partial charge is 0.406 e. The van der Waals surface area contributed by atoms with Gasteiger partial charge in [-0.15, -0.1) is 24.9 Å². The second-order valence-corrected chi connectivity index (χ2v) is 7.44. The third-order valence-corrected chi connectivity index (χ3v) is 4.83. The zero-order valence-electron chi connectivity index (χ0n) is 14.2. The summed E-state index contributed by atoms with van der Waals surface area (Å²) in [7, 11) is 0. The van der Waals surface area contributed by atoms with Crippen molar-refractivity contribution >= 4 is 29.3 Å². The van der Waals surface area contributed by atoms with Gasteiger partial charge in [0.15, 0.2) is 0 Å². The molecular formula is C18H17ClF3NO3S. The van der Waals surface area contributed by atoms with E-state index in [1.807, 2.05) is 0 Å². The quantitative estimate of drug-likeness (QED) is 0.645. The van der Waals surface area contributed by atoms with Crippen LogP contribution in [0.3, 0.4) is 0 Å². The van der Waals surface area contributed by atoms with Crippen LogP contribution in [0.25, 0.3) is 0 Å². The Kier molecular flexibility index (Phi) is 7.41. The first-order valence-electron chi connectivity index (χ1n) is 7.88. The highest BCUT2D eigenvalue weighted by Gasteiger charge is 2.31. The molecule has 27 heavy (non-hydrogen) atoms. The van der Waals surface area contributed by atoms with E-state index >= 15 is 0 Å². The van der Waals surface area contributed by atoms with Crippen LogP contribution in [0.15, 0.2) is 53.4 Å². The van der Waals surface area contributed by atoms with Crippen LogP contribution in [0, 0.1) is 0 Å². The van der Waals surface area contributed by atoms with Crippen LogP contribution in [0.2, 0.25) is 5.02 Å². The van der Waals surface area contributed by atoms with Crippen LogP contribution < -0.4 is 10.1 Å². The van der Waals surface area contributed by atoms with E-state index in [0.29, 0.717) is 10.6 Å². The number of aliphatic hydroxyl groups excluding tert-OH is 1. The van der Waals surface area contributed by atoms with Crippen molar-refractivity contribution in [3.8, 4) is 5.75 Å². The van der Waals surface area contributed by atoms with E-state index in [1.54, 1.807) is 31.2 Å². The van der Waals surface area contributed by atoms with Crippen LogP contribution in [0.1, 0.15) is 18.6 Å². The Bertz CT molecular complexity index is 754. The fourth-order valence-corrected chi connectivity index (χ4v) is 3.14. The molecule has 0 fully saturated rings. The molecule has 0 aliphatic heterocycles. The van der Waals surface area contributed by atoms with Gasteiger partial charge in [0.25, 0.3) is 0 Å². The molecule has 2 atom stereocenters. The van der Waals surface area contributed by atoms with Gasteiger partial charge in [-0.1, -0.05) is 23.7 Å². The summed E-state index contributed by atoms with van der Waals surface area (Å²) in [5, 5.41) is 12.9. The number of hydrogen-bond donors (Lipinski definition) is 2. The van der Waals surface area contributed by atoms with Crippen molar-refractivity contribution in [2.24, 2.45) is 0 Å². The number of thioether (sulfide) groups is 1. The number of benzene rings is 2. The molecule has 4 nitrogen and oxygen atoms in total. The zero-order valence-corrected chi connectivity index (χ0v) is 15.7. The van der Waals surface area contributed by atoms with Crippen molar-refractivity contribution in [3.63, 3.8) is 0 Å². The molecule has 2 aromatic rings. The highest BCUT2D eigenvalue weighted by molar-refractivity contribution is 8.00. The Hall–Kier alpha value is -1.90. The Balaban J connectivity index is 1.84. The van der Waals surface area contributed by atoms with Gasteiger partial charge in [0.1, 0.15) is 5.75 Å². The monoisotopic (exact) mass is 419 g/mol. The maximum Gasteiger partial charge on any atom is 0.573 e. The third-order valence-electron chi connectivity index (χ3n) is 3.46. The van der Waals surface area contributed by atoms with E-state index in [4.69, 9.17) is 11.6 Å². The number of ether oxygens (including phenoxy) is 1. The summed E-state index contributed by atoms with van der Waals surface area (Å²) >= 11 is 7.15. The molecule has 9 heteroatoms. The molecule has 2 N–H and O–H groups in total. The van der Waals surface area contributed by atoms with Crippen LogP contribution in [-0.2, 0) is 4.79 Å². The Labute approximate surface area is 163 Å². The zero-order chi connectivity index (χ0) is 20.0. The number of halogens is 4. The first-order valence-corrected chi connectivity index (χ1v) is 9.13. The van der Waals surface area contributed by atoms with Gasteiger partial charge >= 0.3 is 6.36 Å². The number of amides is 1. The lowest BCUT2D eigenvalue weighted by atomic mass is 10.1. The van der Waals surface area contributed by atoms with Crippen LogP contribution in [0.4, 0.5) is 13.2 Å². The van der Waals surface area contributed by atoms with Gasteiger partial charge in [-0.2, -0.15) is 0 Å². The summed E-state index contributed by atoms with van der Waals surface area (Å²) in [5.41, 5.74) is 0.364. The Morgan fingerprint density at radius 2 is 1.78 bits per heavy atom. The van der Waals surface area contributed by atoms with E-state index in [1.165, 1.54) is 23.9 Å². The summed E-state index contributed by atoms with van der Waals surface area (Å²) in [6, 6.07) is 11.9. The first-order chi connectivity index (χ1) is 12.6.